The summed E-state index contributed by atoms with van der Waals surface area (Å²) in [4.78, 5) is 23.9. The van der Waals surface area contributed by atoms with E-state index in [4.69, 9.17) is 14.7 Å². The monoisotopic (exact) mass is 403 g/mol. The molecule has 0 radical (unpaired) electrons. The second-order valence-corrected chi connectivity index (χ2v) is 7.21. The number of methoxy groups -OCH3 is 1. The van der Waals surface area contributed by atoms with Crippen LogP contribution in [-0.4, -0.2) is 41.1 Å². The Morgan fingerprint density at radius 3 is 2.54 bits per heavy atom. The molecule has 0 saturated carbocycles. The average Bonchev–Trinajstić information content (AvgIpc) is 2.71. The highest BCUT2D eigenvalue weighted by atomic mass is 32.2. The standard InChI is InChI=1S/C18H17N3O6S/c1-20-28(24,25)16-9-12(7-8-15(16)26-2)18(23)27-11-17(22)21-14-6-4-3-5-13(14)10-19/h3-9,20H,11H2,1-2H3,(H,21,22). The molecule has 0 fully saturated rings. The van der Waals surface area contributed by atoms with E-state index in [1.54, 1.807) is 12.1 Å². The van der Waals surface area contributed by atoms with Gasteiger partial charge in [0.15, 0.2) is 6.61 Å². The Bertz CT molecular complexity index is 1040. The minimum absolute atomic E-state index is 0.0525. The third kappa shape index (κ3) is 4.85. The fraction of sp³-hybridized carbons (Fsp3) is 0.167. The van der Waals surface area contributed by atoms with Crippen LogP contribution < -0.4 is 14.8 Å². The molecular weight excluding hydrogens is 386 g/mol. The fourth-order valence-corrected chi connectivity index (χ4v) is 3.13. The smallest absolute Gasteiger partial charge is 0.338 e. The van der Waals surface area contributed by atoms with E-state index in [0.29, 0.717) is 0 Å². The first kappa shape index (κ1) is 20.9. The zero-order valence-corrected chi connectivity index (χ0v) is 15.9. The summed E-state index contributed by atoms with van der Waals surface area (Å²) in [7, 11) is -1.35. The lowest BCUT2D eigenvalue weighted by atomic mass is 10.2. The number of para-hydroxylation sites is 1. The zero-order chi connectivity index (χ0) is 20.7. The Morgan fingerprint density at radius 2 is 1.89 bits per heavy atom. The summed E-state index contributed by atoms with van der Waals surface area (Å²) in [6, 6.07) is 12.0. The number of ether oxygens (including phenoxy) is 2. The maximum Gasteiger partial charge on any atom is 0.338 e. The van der Waals surface area contributed by atoms with E-state index in [-0.39, 0.29) is 27.5 Å². The van der Waals surface area contributed by atoms with Crippen LogP contribution in [0.15, 0.2) is 47.4 Å². The minimum Gasteiger partial charge on any atom is -0.495 e. The van der Waals surface area contributed by atoms with Crippen molar-refractivity contribution in [1.82, 2.24) is 4.72 Å². The number of hydrogen-bond donors (Lipinski definition) is 2. The summed E-state index contributed by atoms with van der Waals surface area (Å²) in [5.41, 5.74) is 0.483. The molecule has 10 heteroatoms. The topological polar surface area (TPSA) is 135 Å². The lowest BCUT2D eigenvalue weighted by molar-refractivity contribution is -0.119. The third-order valence-electron chi connectivity index (χ3n) is 3.61. The normalized spacial score (nSPS) is 10.6. The van der Waals surface area contributed by atoms with Crippen LogP contribution in [0.5, 0.6) is 5.75 Å². The number of benzene rings is 2. The number of sulfonamides is 1. The molecule has 28 heavy (non-hydrogen) atoms. The van der Waals surface area contributed by atoms with Gasteiger partial charge in [-0.25, -0.2) is 17.9 Å². The van der Waals surface area contributed by atoms with Crippen LogP contribution >= 0.6 is 0 Å². The van der Waals surface area contributed by atoms with Gasteiger partial charge >= 0.3 is 5.97 Å². The van der Waals surface area contributed by atoms with E-state index in [1.807, 2.05) is 6.07 Å². The summed E-state index contributed by atoms with van der Waals surface area (Å²) in [6.45, 7) is -0.612. The molecule has 2 aromatic rings. The van der Waals surface area contributed by atoms with Crippen LogP contribution in [0.2, 0.25) is 0 Å². The molecule has 0 heterocycles. The highest BCUT2D eigenvalue weighted by Crippen LogP contribution is 2.25. The summed E-state index contributed by atoms with van der Waals surface area (Å²) in [6.07, 6.45) is 0. The number of carbonyl (C=O) groups excluding carboxylic acids is 2. The maximum absolute atomic E-state index is 12.2. The Hall–Kier alpha value is -3.42. The van der Waals surface area contributed by atoms with Crippen molar-refractivity contribution in [2.24, 2.45) is 0 Å². The molecule has 0 atom stereocenters. The number of rotatable bonds is 7. The molecule has 0 saturated heterocycles. The summed E-state index contributed by atoms with van der Waals surface area (Å²) < 4.78 is 36.2. The maximum atomic E-state index is 12.2. The first-order chi connectivity index (χ1) is 13.3. The van der Waals surface area contributed by atoms with Crippen molar-refractivity contribution in [2.75, 3.05) is 26.1 Å². The summed E-state index contributed by atoms with van der Waals surface area (Å²) >= 11 is 0. The largest absolute Gasteiger partial charge is 0.495 e. The van der Waals surface area contributed by atoms with Gasteiger partial charge in [-0.3, -0.25) is 4.79 Å². The molecular formula is C18H17N3O6S. The summed E-state index contributed by atoms with van der Waals surface area (Å²) in [5.74, 6) is -1.48. The van der Waals surface area contributed by atoms with Crippen molar-refractivity contribution in [2.45, 2.75) is 4.90 Å². The molecule has 0 aromatic heterocycles. The van der Waals surface area contributed by atoms with E-state index >= 15 is 0 Å². The molecule has 2 N–H and O–H groups in total. The van der Waals surface area contributed by atoms with Crippen LogP contribution in [0.4, 0.5) is 5.69 Å². The number of amides is 1. The van der Waals surface area contributed by atoms with Crippen LogP contribution in [0.1, 0.15) is 15.9 Å². The number of carbonyl (C=O) groups is 2. The van der Waals surface area contributed by atoms with Crippen molar-refractivity contribution >= 4 is 27.6 Å². The lowest BCUT2D eigenvalue weighted by Crippen LogP contribution is -2.22. The van der Waals surface area contributed by atoms with Gasteiger partial charge in [0.1, 0.15) is 16.7 Å². The molecule has 2 aromatic carbocycles. The predicted molar refractivity (Wildman–Crippen MR) is 99.3 cm³/mol. The van der Waals surface area contributed by atoms with E-state index < -0.39 is 28.5 Å². The highest BCUT2D eigenvalue weighted by Gasteiger charge is 2.21. The number of nitriles is 1. The molecule has 146 valence electrons. The molecule has 0 spiro atoms. The number of anilines is 1. The Kier molecular flexibility index (Phi) is 6.70. The van der Waals surface area contributed by atoms with Gasteiger partial charge < -0.3 is 14.8 Å². The highest BCUT2D eigenvalue weighted by molar-refractivity contribution is 7.89. The van der Waals surface area contributed by atoms with Gasteiger partial charge in [-0.15, -0.1) is 0 Å². The molecule has 0 aliphatic heterocycles. The number of nitrogens with one attached hydrogen (secondary N) is 2. The van der Waals surface area contributed by atoms with Crippen LogP contribution in [0, 0.1) is 11.3 Å². The van der Waals surface area contributed by atoms with Gasteiger partial charge in [0.25, 0.3) is 5.91 Å². The average molecular weight is 403 g/mol. The van der Waals surface area contributed by atoms with Crippen molar-refractivity contribution in [1.29, 1.82) is 5.26 Å². The van der Waals surface area contributed by atoms with Crippen molar-refractivity contribution in [3.8, 4) is 11.8 Å². The molecule has 0 aliphatic rings. The lowest BCUT2D eigenvalue weighted by Gasteiger charge is -2.11. The zero-order valence-electron chi connectivity index (χ0n) is 15.1. The van der Waals surface area contributed by atoms with Gasteiger partial charge in [-0.2, -0.15) is 5.26 Å². The van der Waals surface area contributed by atoms with Crippen molar-refractivity contribution in [3.05, 3.63) is 53.6 Å². The molecule has 9 nitrogen and oxygen atoms in total. The SMILES string of the molecule is CNS(=O)(=O)c1cc(C(=O)OCC(=O)Nc2ccccc2C#N)ccc1OC. The van der Waals surface area contributed by atoms with Gasteiger partial charge in [-0.1, -0.05) is 12.1 Å². The van der Waals surface area contributed by atoms with Gasteiger partial charge in [0.2, 0.25) is 10.0 Å². The molecule has 0 aliphatic carbocycles. The second kappa shape index (κ2) is 8.98. The number of esters is 1. The van der Waals surface area contributed by atoms with Gasteiger partial charge in [-0.05, 0) is 37.4 Å². The van der Waals surface area contributed by atoms with Crippen molar-refractivity contribution in [3.63, 3.8) is 0 Å². The van der Waals surface area contributed by atoms with Crippen LogP contribution in [-0.2, 0) is 19.6 Å². The Labute approximate surface area is 161 Å². The Morgan fingerprint density at radius 1 is 1.18 bits per heavy atom. The molecule has 0 unspecified atom stereocenters. The van der Waals surface area contributed by atoms with Gasteiger partial charge in [0, 0.05) is 0 Å². The van der Waals surface area contributed by atoms with Crippen molar-refractivity contribution < 1.29 is 27.5 Å². The van der Waals surface area contributed by atoms with E-state index in [9.17, 15) is 18.0 Å². The predicted octanol–water partition coefficient (Wildman–Crippen LogP) is 1.27. The minimum atomic E-state index is -3.87. The molecule has 0 bridgehead atoms. The van der Waals surface area contributed by atoms with Crippen LogP contribution in [0.25, 0.3) is 0 Å². The quantitative estimate of drug-likeness (QED) is 0.665. The number of nitrogens with zero attached hydrogens (tertiary/aromatic N) is 1. The first-order valence-corrected chi connectivity index (χ1v) is 9.38. The van der Waals surface area contributed by atoms with Gasteiger partial charge in [0.05, 0.1) is 23.9 Å². The fourth-order valence-electron chi connectivity index (χ4n) is 2.21. The molecule has 2 rings (SSSR count). The van der Waals surface area contributed by atoms with Crippen LogP contribution in [0.3, 0.4) is 0 Å². The van der Waals surface area contributed by atoms with E-state index in [0.717, 1.165) is 6.07 Å². The third-order valence-corrected chi connectivity index (χ3v) is 5.05. The summed E-state index contributed by atoms with van der Waals surface area (Å²) in [5, 5.41) is 11.5. The Balaban J connectivity index is 2.10. The molecule has 1 amide bonds. The second-order valence-electron chi connectivity index (χ2n) is 5.35. The van der Waals surface area contributed by atoms with E-state index in [2.05, 4.69) is 10.0 Å². The van der Waals surface area contributed by atoms with E-state index in [1.165, 1.54) is 38.4 Å². The first-order valence-electron chi connectivity index (χ1n) is 7.90. The number of hydrogen-bond acceptors (Lipinski definition) is 7.